The Labute approximate surface area is 144 Å². The Balaban J connectivity index is 1.90. The Bertz CT molecular complexity index is 842. The van der Waals surface area contributed by atoms with Crippen molar-refractivity contribution >= 4 is 22.7 Å². The van der Waals surface area contributed by atoms with Gasteiger partial charge >= 0.3 is 6.18 Å². The molecular formula is C16H12F3NO2S2. The predicted octanol–water partition coefficient (Wildman–Crippen LogP) is 5.48. The van der Waals surface area contributed by atoms with Crippen molar-refractivity contribution in [1.82, 2.24) is 4.98 Å². The SMILES string of the molecule is Cc1cc(-c2ccc(C(F)(F)F)s2)nc(OCc2cccs2)c1O. The number of aromatic hydroxyl groups is 1. The van der Waals surface area contributed by atoms with Gasteiger partial charge < -0.3 is 9.84 Å². The van der Waals surface area contributed by atoms with Gasteiger partial charge in [0.25, 0.3) is 5.88 Å². The summed E-state index contributed by atoms with van der Waals surface area (Å²) in [4.78, 5) is 4.81. The van der Waals surface area contributed by atoms with Crippen LogP contribution in [0.5, 0.6) is 11.6 Å². The van der Waals surface area contributed by atoms with Gasteiger partial charge in [-0.05, 0) is 42.1 Å². The molecule has 0 aliphatic carbocycles. The summed E-state index contributed by atoms with van der Waals surface area (Å²) >= 11 is 2.11. The average Bonchev–Trinajstić information content (AvgIpc) is 3.18. The number of rotatable bonds is 4. The van der Waals surface area contributed by atoms with Crippen molar-refractivity contribution in [3.63, 3.8) is 0 Å². The second-order valence-corrected chi connectivity index (χ2v) is 7.12. The number of hydrogen-bond acceptors (Lipinski definition) is 5. The number of halogens is 3. The van der Waals surface area contributed by atoms with E-state index in [1.54, 1.807) is 13.0 Å². The highest BCUT2D eigenvalue weighted by molar-refractivity contribution is 7.15. The quantitative estimate of drug-likeness (QED) is 0.660. The molecule has 24 heavy (non-hydrogen) atoms. The first-order valence-corrected chi connectivity index (χ1v) is 8.57. The van der Waals surface area contributed by atoms with Gasteiger partial charge in [0.2, 0.25) is 0 Å². The van der Waals surface area contributed by atoms with E-state index >= 15 is 0 Å². The van der Waals surface area contributed by atoms with Crippen LogP contribution < -0.4 is 4.74 Å². The van der Waals surface area contributed by atoms with Crippen molar-refractivity contribution in [2.45, 2.75) is 19.7 Å². The molecule has 0 amide bonds. The zero-order valence-electron chi connectivity index (χ0n) is 12.4. The summed E-state index contributed by atoms with van der Waals surface area (Å²) in [7, 11) is 0. The number of thiophene rings is 2. The molecule has 0 bridgehead atoms. The largest absolute Gasteiger partial charge is 0.503 e. The summed E-state index contributed by atoms with van der Waals surface area (Å²) in [5.41, 5.74) is 0.829. The molecule has 0 saturated heterocycles. The summed E-state index contributed by atoms with van der Waals surface area (Å²) < 4.78 is 43.8. The fraction of sp³-hybridized carbons (Fsp3) is 0.188. The zero-order chi connectivity index (χ0) is 17.3. The number of hydrogen-bond donors (Lipinski definition) is 1. The lowest BCUT2D eigenvalue weighted by Crippen LogP contribution is -2.00. The van der Waals surface area contributed by atoms with E-state index < -0.39 is 11.1 Å². The van der Waals surface area contributed by atoms with Gasteiger partial charge in [-0.2, -0.15) is 13.2 Å². The van der Waals surface area contributed by atoms with Crippen molar-refractivity contribution < 1.29 is 23.0 Å². The third kappa shape index (κ3) is 3.54. The summed E-state index contributed by atoms with van der Waals surface area (Å²) in [6, 6.07) is 7.70. The number of nitrogens with zero attached hydrogens (tertiary/aromatic N) is 1. The van der Waals surface area contributed by atoms with E-state index in [9.17, 15) is 18.3 Å². The smallest absolute Gasteiger partial charge is 0.425 e. The molecule has 3 aromatic rings. The number of ether oxygens (including phenoxy) is 1. The van der Waals surface area contributed by atoms with Gasteiger partial charge in [-0.25, -0.2) is 4.98 Å². The van der Waals surface area contributed by atoms with Crippen LogP contribution >= 0.6 is 22.7 Å². The zero-order valence-corrected chi connectivity index (χ0v) is 14.1. The first kappa shape index (κ1) is 16.8. The second kappa shape index (κ2) is 6.45. The summed E-state index contributed by atoms with van der Waals surface area (Å²) in [6.07, 6.45) is -4.38. The highest BCUT2D eigenvalue weighted by Crippen LogP contribution is 2.40. The summed E-state index contributed by atoms with van der Waals surface area (Å²) in [5, 5.41) is 12.0. The van der Waals surface area contributed by atoms with Gasteiger partial charge in [0.05, 0.1) is 10.6 Å². The standard InChI is InChI=1S/C16H12F3NO2S2/c1-9-7-11(12-4-5-13(24-12)16(17,18)19)20-15(14(9)21)22-8-10-3-2-6-23-10/h2-7,21H,8H2,1H3. The fourth-order valence-electron chi connectivity index (χ4n) is 2.03. The van der Waals surface area contributed by atoms with Gasteiger partial charge in [0, 0.05) is 4.88 Å². The summed E-state index contributed by atoms with van der Waals surface area (Å²) in [5.74, 6) is -0.0942. The van der Waals surface area contributed by atoms with E-state index in [1.165, 1.54) is 17.4 Å². The van der Waals surface area contributed by atoms with Crippen molar-refractivity contribution in [2.75, 3.05) is 0 Å². The molecule has 3 heterocycles. The van der Waals surface area contributed by atoms with E-state index in [-0.39, 0.29) is 18.2 Å². The van der Waals surface area contributed by atoms with Crippen LogP contribution in [0.2, 0.25) is 0 Å². The molecule has 0 aliphatic heterocycles. The minimum absolute atomic E-state index is 0.0142. The van der Waals surface area contributed by atoms with Crippen molar-refractivity contribution in [1.29, 1.82) is 0 Å². The van der Waals surface area contributed by atoms with Gasteiger partial charge in [-0.1, -0.05) is 6.07 Å². The fourth-order valence-corrected chi connectivity index (χ4v) is 3.48. The monoisotopic (exact) mass is 371 g/mol. The van der Waals surface area contributed by atoms with Crippen LogP contribution in [-0.4, -0.2) is 10.1 Å². The van der Waals surface area contributed by atoms with Crippen LogP contribution in [0.3, 0.4) is 0 Å². The molecule has 3 rings (SSSR count). The van der Waals surface area contributed by atoms with Gasteiger partial charge in [-0.3, -0.25) is 0 Å². The highest BCUT2D eigenvalue weighted by Gasteiger charge is 2.32. The van der Waals surface area contributed by atoms with Gasteiger partial charge in [0.15, 0.2) is 5.75 Å². The Morgan fingerprint density at radius 2 is 2.04 bits per heavy atom. The topological polar surface area (TPSA) is 42.4 Å². The molecule has 1 N–H and O–H groups in total. The molecule has 0 unspecified atom stereocenters. The lowest BCUT2D eigenvalue weighted by Gasteiger charge is -2.10. The van der Waals surface area contributed by atoms with Crippen molar-refractivity contribution in [2.24, 2.45) is 0 Å². The van der Waals surface area contributed by atoms with E-state index in [0.717, 1.165) is 10.9 Å². The Morgan fingerprint density at radius 3 is 2.67 bits per heavy atom. The minimum atomic E-state index is -4.38. The molecule has 0 aliphatic rings. The molecule has 0 saturated carbocycles. The Kier molecular flexibility index (Phi) is 4.51. The molecule has 0 aromatic carbocycles. The van der Waals surface area contributed by atoms with E-state index in [2.05, 4.69) is 4.98 Å². The van der Waals surface area contributed by atoms with Gasteiger partial charge in [0.1, 0.15) is 11.5 Å². The third-order valence-electron chi connectivity index (χ3n) is 3.22. The summed E-state index contributed by atoms with van der Waals surface area (Å²) in [6.45, 7) is 1.89. The predicted molar refractivity (Wildman–Crippen MR) is 87.6 cm³/mol. The normalized spacial score (nSPS) is 11.7. The highest BCUT2D eigenvalue weighted by atomic mass is 32.1. The molecule has 3 aromatic heterocycles. The maximum atomic E-state index is 12.7. The van der Waals surface area contributed by atoms with E-state index in [1.807, 2.05) is 17.5 Å². The molecule has 126 valence electrons. The number of pyridine rings is 1. The second-order valence-electron chi connectivity index (χ2n) is 5.01. The lowest BCUT2D eigenvalue weighted by atomic mass is 10.2. The van der Waals surface area contributed by atoms with Crippen LogP contribution in [0.4, 0.5) is 13.2 Å². The van der Waals surface area contributed by atoms with E-state index in [4.69, 9.17) is 4.74 Å². The van der Waals surface area contributed by atoms with Crippen molar-refractivity contribution in [3.05, 3.63) is 51.0 Å². The maximum absolute atomic E-state index is 12.7. The van der Waals surface area contributed by atoms with Crippen LogP contribution in [-0.2, 0) is 12.8 Å². The van der Waals surface area contributed by atoms with Crippen LogP contribution in [0, 0.1) is 6.92 Å². The number of alkyl halides is 3. The molecule has 0 atom stereocenters. The lowest BCUT2D eigenvalue weighted by molar-refractivity contribution is -0.134. The minimum Gasteiger partial charge on any atom is -0.503 e. The first-order chi connectivity index (χ1) is 11.3. The molecular weight excluding hydrogens is 359 g/mol. The number of aryl methyl sites for hydroxylation is 1. The molecule has 0 radical (unpaired) electrons. The van der Waals surface area contributed by atoms with Gasteiger partial charge in [-0.15, -0.1) is 22.7 Å². The molecule has 3 nitrogen and oxygen atoms in total. The molecule has 0 spiro atoms. The Hall–Kier alpha value is -2.06. The maximum Gasteiger partial charge on any atom is 0.425 e. The Morgan fingerprint density at radius 1 is 1.25 bits per heavy atom. The van der Waals surface area contributed by atoms with Crippen molar-refractivity contribution in [3.8, 4) is 22.2 Å². The van der Waals surface area contributed by atoms with Crippen LogP contribution in [0.1, 0.15) is 15.3 Å². The number of aromatic nitrogens is 1. The van der Waals surface area contributed by atoms with E-state index in [0.29, 0.717) is 27.5 Å². The third-order valence-corrected chi connectivity index (χ3v) is 5.22. The van der Waals surface area contributed by atoms with Crippen LogP contribution in [0.25, 0.3) is 10.6 Å². The average molecular weight is 371 g/mol. The van der Waals surface area contributed by atoms with Crippen LogP contribution in [0.15, 0.2) is 35.7 Å². The first-order valence-electron chi connectivity index (χ1n) is 6.88. The molecule has 0 fully saturated rings. The molecule has 8 heteroatoms.